The van der Waals surface area contributed by atoms with E-state index >= 15 is 0 Å². The van der Waals surface area contributed by atoms with Gasteiger partial charge in [-0.2, -0.15) is 0 Å². The lowest BCUT2D eigenvalue weighted by atomic mass is 9.96. The number of aliphatic hydroxyl groups excluding tert-OH is 14. The molecule has 16 N–H and O–H groups in total. The van der Waals surface area contributed by atoms with Gasteiger partial charge in [0.1, 0.15) is 104 Å². The van der Waals surface area contributed by atoms with Crippen LogP contribution in [-0.4, -0.2) is 257 Å². The summed E-state index contributed by atoms with van der Waals surface area (Å²) in [5.41, 5.74) is 0. The lowest BCUT2D eigenvalue weighted by Crippen LogP contribution is -2.66. The maximum absolute atomic E-state index is 13.7. The van der Waals surface area contributed by atoms with Gasteiger partial charge in [-0.3, -0.25) is 9.59 Å². The molecule has 0 saturated carbocycles. The third kappa shape index (κ3) is 29.4. The van der Waals surface area contributed by atoms with Crippen molar-refractivity contribution in [2.75, 3.05) is 26.4 Å². The maximum Gasteiger partial charge on any atom is 0.249 e. The Bertz CT molecular complexity index is 1920. The number of aliphatic hydroxyl groups is 14. The van der Waals surface area contributed by atoms with Gasteiger partial charge in [0.25, 0.3) is 0 Å². The van der Waals surface area contributed by atoms with E-state index in [9.17, 15) is 81.1 Å². The van der Waals surface area contributed by atoms with Crippen LogP contribution in [0, 0.1) is 0 Å². The van der Waals surface area contributed by atoms with E-state index in [-0.39, 0.29) is 12.8 Å². The average Bonchev–Trinajstić information content (AvgIpc) is 1.94. The van der Waals surface area contributed by atoms with Crippen LogP contribution >= 0.6 is 0 Å². The molecule has 0 aliphatic carbocycles. The summed E-state index contributed by atoms with van der Waals surface area (Å²) < 4.78 is 46.7. The molecule has 4 aliphatic heterocycles. The number of hydrogen-bond donors (Lipinski definition) is 16. The number of carbonyl (C=O) groups excluding carboxylic acids is 2. The molecule has 0 bridgehead atoms. The van der Waals surface area contributed by atoms with E-state index in [0.717, 1.165) is 64.7 Å². The molecule has 4 rings (SSSR count). The molecule has 0 aromatic carbocycles. The Balaban J connectivity index is 1.39. The van der Waals surface area contributed by atoms with Crippen LogP contribution in [0.2, 0.25) is 0 Å². The van der Waals surface area contributed by atoms with Gasteiger partial charge in [0, 0.05) is 6.92 Å². The van der Waals surface area contributed by atoms with Crippen molar-refractivity contribution in [3.05, 3.63) is 0 Å². The van der Waals surface area contributed by atoms with Crippen molar-refractivity contribution in [3.63, 3.8) is 0 Å². The van der Waals surface area contributed by atoms with Gasteiger partial charge in [0.15, 0.2) is 25.2 Å². The summed E-state index contributed by atoms with van der Waals surface area (Å²) in [5, 5.41) is 159. The molecule has 0 aromatic heterocycles. The number of ether oxygens (including phenoxy) is 8. The van der Waals surface area contributed by atoms with E-state index in [4.69, 9.17) is 37.9 Å². The van der Waals surface area contributed by atoms with Crippen molar-refractivity contribution in [1.29, 1.82) is 0 Å². The molecule has 24 atom stereocenters. The summed E-state index contributed by atoms with van der Waals surface area (Å²) in [6, 6.07) is -2.92. The molecular weight excluding hydrogens is 1220 g/mol. The van der Waals surface area contributed by atoms with Crippen LogP contribution in [0.1, 0.15) is 240 Å². The molecular formula is C67H126N2O24. The van der Waals surface area contributed by atoms with Crippen LogP contribution in [0.15, 0.2) is 0 Å². The fraction of sp³-hybridized carbons (Fsp3) is 0.970. The average molecular weight is 1340 g/mol. The Morgan fingerprint density at radius 2 is 0.849 bits per heavy atom. The molecule has 4 heterocycles. The normalized spacial score (nSPS) is 32.5. The van der Waals surface area contributed by atoms with Gasteiger partial charge in [0.05, 0.1) is 44.7 Å². The van der Waals surface area contributed by atoms with Gasteiger partial charge < -0.3 is 120 Å². The zero-order valence-corrected chi connectivity index (χ0v) is 56.4. The molecule has 0 spiro atoms. The summed E-state index contributed by atoms with van der Waals surface area (Å²) >= 11 is 0. The van der Waals surface area contributed by atoms with Gasteiger partial charge in [-0.25, -0.2) is 0 Å². The first-order valence-corrected chi connectivity index (χ1v) is 35.8. The highest BCUT2D eigenvalue weighted by atomic mass is 16.8. The summed E-state index contributed by atoms with van der Waals surface area (Å²) in [6.45, 7) is 3.99. The van der Waals surface area contributed by atoms with Crippen LogP contribution in [0.3, 0.4) is 0 Å². The smallest absolute Gasteiger partial charge is 0.249 e. The Morgan fingerprint density at radius 3 is 1.30 bits per heavy atom. The Morgan fingerprint density at radius 1 is 0.441 bits per heavy atom. The second-order valence-corrected chi connectivity index (χ2v) is 26.8. The van der Waals surface area contributed by atoms with E-state index in [1.54, 1.807) is 0 Å². The van der Waals surface area contributed by atoms with Crippen LogP contribution in [0.5, 0.6) is 0 Å². The molecule has 26 heteroatoms. The first-order valence-electron chi connectivity index (χ1n) is 35.8. The van der Waals surface area contributed by atoms with Crippen molar-refractivity contribution in [2.24, 2.45) is 0 Å². The first-order chi connectivity index (χ1) is 44.7. The van der Waals surface area contributed by atoms with Crippen LogP contribution < -0.4 is 10.6 Å². The van der Waals surface area contributed by atoms with Crippen LogP contribution in [0.4, 0.5) is 0 Å². The molecule has 4 fully saturated rings. The maximum atomic E-state index is 13.7. The van der Waals surface area contributed by atoms with E-state index in [0.29, 0.717) is 12.8 Å². The highest BCUT2D eigenvalue weighted by Gasteiger charge is 2.53. The monoisotopic (exact) mass is 1340 g/mol. The van der Waals surface area contributed by atoms with Gasteiger partial charge >= 0.3 is 0 Å². The largest absolute Gasteiger partial charge is 0.394 e. The zero-order chi connectivity index (χ0) is 68.2. The molecule has 4 saturated heterocycles. The zero-order valence-electron chi connectivity index (χ0n) is 56.4. The molecule has 548 valence electrons. The molecule has 4 aliphatic rings. The number of hydrogen-bond acceptors (Lipinski definition) is 24. The standard InChI is InChI=1S/C67H126N2O24/c1-5-7-9-11-13-15-17-19-21-22-23-25-27-29-31-33-35-37-46(74)63(85)69-44(51(75)45(73)36-34-32-30-28-26-24-20-18-16-14-12-10-8-6-2)39-86-67-62(57(81)52(76)47(38-70)89-67)93-66-59(83)56(80)54(78)49(91-66)40-87-64-50(68-43(4)72)55(79)53(77)48(90-64)41-88-65-60(84)58(82)61(92-65)42(3)71/h42,44-62,64-67,70-71,73-84H,5-41H2,1-4H3,(H,68,72)(H,69,85)/t42-,44-,45+,46+,47+,48+,49+,50+,51-,52-,53-,54-,55+,56-,57-,58-,59+,60-,61+,62+,64+,65-,66+,67-/m0/s1. The summed E-state index contributed by atoms with van der Waals surface area (Å²) in [5.74, 6) is -1.53. The summed E-state index contributed by atoms with van der Waals surface area (Å²) in [4.78, 5) is 26.0. The van der Waals surface area contributed by atoms with Crippen molar-refractivity contribution in [1.82, 2.24) is 10.6 Å². The second-order valence-electron chi connectivity index (χ2n) is 26.8. The van der Waals surface area contributed by atoms with Crippen molar-refractivity contribution < 1.29 is 119 Å². The van der Waals surface area contributed by atoms with Gasteiger partial charge in [0.2, 0.25) is 11.8 Å². The quantitative estimate of drug-likeness (QED) is 0.0389. The minimum Gasteiger partial charge on any atom is -0.394 e. The molecule has 0 unspecified atom stereocenters. The van der Waals surface area contributed by atoms with Crippen molar-refractivity contribution in [2.45, 2.75) is 387 Å². The number of nitrogens with one attached hydrogen (secondary N) is 2. The third-order valence-electron chi connectivity index (χ3n) is 18.7. The Labute approximate surface area is 552 Å². The SMILES string of the molecule is CCCCCCCCCCCCCCCCCCC[C@@H](O)C(=O)N[C@@H](CO[C@H]1O[C@H](CO)[C@H](O)[C@H](O)[C@H]1O[C@H]1O[C@H](CO[C@@H]2O[C@H](CO[C@H]3O[C@H]([C@H](C)O)[C@@H](O)[C@@H]3O)[C@H](O)[C@H](O)[C@H]2NC(C)=O)[C@H](O)[C@H](O)[C@H]1O)[C@H](O)[C@H](O)CCCCCCCCCCCCCCCC. The predicted molar refractivity (Wildman–Crippen MR) is 341 cm³/mol. The summed E-state index contributed by atoms with van der Waals surface area (Å²) in [7, 11) is 0. The topological polar surface area (TPSA) is 415 Å². The number of carbonyl (C=O) groups is 2. The molecule has 0 aromatic rings. The molecule has 26 nitrogen and oxygen atoms in total. The summed E-state index contributed by atoms with van der Waals surface area (Å²) in [6.07, 6.45) is -1.25. The predicted octanol–water partition coefficient (Wildman–Crippen LogP) is 2.93. The fourth-order valence-corrected chi connectivity index (χ4v) is 12.7. The van der Waals surface area contributed by atoms with Gasteiger partial charge in [-0.05, 0) is 19.8 Å². The van der Waals surface area contributed by atoms with E-state index in [2.05, 4.69) is 24.5 Å². The Kier molecular flexibility index (Phi) is 42.3. The van der Waals surface area contributed by atoms with E-state index in [1.165, 1.54) is 135 Å². The molecule has 93 heavy (non-hydrogen) atoms. The lowest BCUT2D eigenvalue weighted by molar-refractivity contribution is -0.371. The highest BCUT2D eigenvalue weighted by molar-refractivity contribution is 5.80. The highest BCUT2D eigenvalue weighted by Crippen LogP contribution is 2.33. The number of amides is 2. The van der Waals surface area contributed by atoms with Crippen molar-refractivity contribution in [3.8, 4) is 0 Å². The number of unbranched alkanes of at least 4 members (excludes halogenated alkanes) is 29. The fourth-order valence-electron chi connectivity index (χ4n) is 12.7. The van der Waals surface area contributed by atoms with Crippen LogP contribution in [0.25, 0.3) is 0 Å². The third-order valence-corrected chi connectivity index (χ3v) is 18.7. The van der Waals surface area contributed by atoms with Gasteiger partial charge in [-0.1, -0.05) is 213 Å². The lowest BCUT2D eigenvalue weighted by Gasteiger charge is -2.47. The minimum atomic E-state index is -2.09. The van der Waals surface area contributed by atoms with Crippen LogP contribution in [-0.2, 0) is 47.5 Å². The van der Waals surface area contributed by atoms with E-state index < -0.39 is 185 Å². The number of rotatable bonds is 51. The minimum absolute atomic E-state index is 0.126. The molecule has 0 radical (unpaired) electrons. The Hall–Kier alpha value is -1.94. The molecule has 2 amide bonds. The van der Waals surface area contributed by atoms with Gasteiger partial charge in [-0.15, -0.1) is 0 Å². The first kappa shape index (κ1) is 83.5. The van der Waals surface area contributed by atoms with Crippen molar-refractivity contribution >= 4 is 11.8 Å². The second kappa shape index (κ2) is 47.2. The van der Waals surface area contributed by atoms with E-state index in [1.807, 2.05) is 0 Å².